The number of amides is 2. The van der Waals surface area contributed by atoms with Gasteiger partial charge < -0.3 is 20.7 Å². The molecule has 0 spiro atoms. The van der Waals surface area contributed by atoms with Crippen LogP contribution in [0.4, 0.5) is 0 Å². The summed E-state index contributed by atoms with van der Waals surface area (Å²) in [6, 6.07) is 15.0. The number of hydrogen-bond acceptors (Lipinski definition) is 7. The molecule has 1 saturated heterocycles. The van der Waals surface area contributed by atoms with Crippen LogP contribution in [0.1, 0.15) is 41.0 Å². The van der Waals surface area contributed by atoms with E-state index in [1.165, 1.54) is 11.3 Å². The number of ether oxygens (including phenoxy) is 1. The molecule has 4 rings (SSSR count). The monoisotopic (exact) mass is 508 g/mol. The number of rotatable bonds is 11. The van der Waals surface area contributed by atoms with Crippen molar-refractivity contribution in [3.05, 3.63) is 65.2 Å². The average molecular weight is 509 g/mol. The van der Waals surface area contributed by atoms with Gasteiger partial charge >= 0.3 is 0 Å². The van der Waals surface area contributed by atoms with Crippen LogP contribution in [0.15, 0.2) is 54.6 Å². The fourth-order valence-electron chi connectivity index (χ4n) is 4.57. The Bertz CT molecular complexity index is 1170. The van der Waals surface area contributed by atoms with Crippen LogP contribution in [0.3, 0.4) is 0 Å². The SMILES string of the molecule is COCCC[C@H](NC(=O)[C@@H]1CCCN1C(=O)[C@H](N)Cc1ccccc1)C(=O)c1nc2ccccc2s1. The molecule has 0 aliphatic carbocycles. The van der Waals surface area contributed by atoms with Crippen molar-refractivity contribution >= 4 is 39.2 Å². The molecule has 1 aromatic heterocycles. The lowest BCUT2D eigenvalue weighted by Gasteiger charge is -2.28. The van der Waals surface area contributed by atoms with E-state index in [4.69, 9.17) is 10.5 Å². The molecule has 1 aliphatic heterocycles. The molecule has 8 nitrogen and oxygen atoms in total. The second-order valence-corrected chi connectivity index (χ2v) is 10.1. The zero-order valence-corrected chi connectivity index (χ0v) is 21.2. The minimum atomic E-state index is -0.747. The number of para-hydroxylation sites is 1. The van der Waals surface area contributed by atoms with E-state index in [1.54, 1.807) is 12.0 Å². The number of methoxy groups -OCH3 is 1. The van der Waals surface area contributed by atoms with E-state index in [2.05, 4.69) is 10.3 Å². The van der Waals surface area contributed by atoms with Crippen molar-refractivity contribution < 1.29 is 19.1 Å². The number of carbonyl (C=O) groups excluding carboxylic acids is 3. The van der Waals surface area contributed by atoms with Crippen LogP contribution >= 0.6 is 11.3 Å². The second-order valence-electron chi connectivity index (χ2n) is 9.03. The third-order valence-corrected chi connectivity index (χ3v) is 7.48. The van der Waals surface area contributed by atoms with Gasteiger partial charge in [0.1, 0.15) is 6.04 Å². The van der Waals surface area contributed by atoms with E-state index in [0.29, 0.717) is 50.3 Å². The van der Waals surface area contributed by atoms with Gasteiger partial charge in [0.15, 0.2) is 5.01 Å². The number of hydrogen-bond donors (Lipinski definition) is 2. The first-order valence-electron chi connectivity index (χ1n) is 12.3. The Morgan fingerprint density at radius 2 is 1.92 bits per heavy atom. The zero-order valence-electron chi connectivity index (χ0n) is 20.4. The van der Waals surface area contributed by atoms with E-state index in [9.17, 15) is 14.4 Å². The first-order valence-corrected chi connectivity index (χ1v) is 13.1. The van der Waals surface area contributed by atoms with Crippen LogP contribution in [0, 0.1) is 0 Å². The predicted molar refractivity (Wildman–Crippen MR) is 140 cm³/mol. The molecule has 1 fully saturated rings. The number of nitrogens with two attached hydrogens (primary N) is 1. The smallest absolute Gasteiger partial charge is 0.243 e. The number of fused-ring (bicyclic) bond motifs is 1. The quantitative estimate of drug-likeness (QED) is 0.304. The van der Waals surface area contributed by atoms with Crippen molar-refractivity contribution in [2.75, 3.05) is 20.3 Å². The van der Waals surface area contributed by atoms with Gasteiger partial charge in [-0.25, -0.2) is 4.98 Å². The molecule has 3 atom stereocenters. The van der Waals surface area contributed by atoms with Gasteiger partial charge in [-0.05, 0) is 49.8 Å². The molecule has 9 heteroatoms. The highest BCUT2D eigenvalue weighted by atomic mass is 32.1. The summed E-state index contributed by atoms with van der Waals surface area (Å²) >= 11 is 1.32. The lowest BCUT2D eigenvalue weighted by Crippen LogP contribution is -2.54. The summed E-state index contributed by atoms with van der Waals surface area (Å²) in [5.41, 5.74) is 7.96. The van der Waals surface area contributed by atoms with Crippen molar-refractivity contribution in [2.45, 2.75) is 50.2 Å². The lowest BCUT2D eigenvalue weighted by molar-refractivity contribution is -0.139. The Labute approximate surface area is 214 Å². The van der Waals surface area contributed by atoms with Crippen molar-refractivity contribution in [1.29, 1.82) is 0 Å². The molecular formula is C27H32N4O4S. The van der Waals surface area contributed by atoms with E-state index >= 15 is 0 Å². The maximum Gasteiger partial charge on any atom is 0.243 e. The number of nitrogens with zero attached hydrogens (tertiary/aromatic N) is 2. The molecule has 36 heavy (non-hydrogen) atoms. The number of benzene rings is 2. The largest absolute Gasteiger partial charge is 0.385 e. The number of aromatic nitrogens is 1. The molecular weight excluding hydrogens is 476 g/mol. The molecule has 0 bridgehead atoms. The van der Waals surface area contributed by atoms with Crippen LogP contribution < -0.4 is 11.1 Å². The Morgan fingerprint density at radius 3 is 2.67 bits per heavy atom. The third-order valence-electron chi connectivity index (χ3n) is 6.43. The van der Waals surface area contributed by atoms with E-state index < -0.39 is 18.1 Å². The van der Waals surface area contributed by atoms with Crippen LogP contribution in [0.25, 0.3) is 10.2 Å². The van der Waals surface area contributed by atoms with Crippen molar-refractivity contribution in [2.24, 2.45) is 5.73 Å². The minimum absolute atomic E-state index is 0.225. The van der Waals surface area contributed by atoms with Crippen LogP contribution in [0.5, 0.6) is 0 Å². The molecule has 2 aromatic carbocycles. The van der Waals surface area contributed by atoms with Crippen molar-refractivity contribution in [3.8, 4) is 0 Å². The number of thiazole rings is 1. The number of likely N-dealkylation sites (tertiary alicyclic amines) is 1. The van der Waals surface area contributed by atoms with Gasteiger partial charge in [0.05, 0.1) is 22.3 Å². The Morgan fingerprint density at radius 1 is 1.17 bits per heavy atom. The van der Waals surface area contributed by atoms with E-state index in [1.807, 2.05) is 54.6 Å². The molecule has 2 amide bonds. The molecule has 1 aliphatic rings. The molecule has 3 aromatic rings. The van der Waals surface area contributed by atoms with Gasteiger partial charge in [-0.2, -0.15) is 0 Å². The molecule has 0 saturated carbocycles. The lowest BCUT2D eigenvalue weighted by atomic mass is 10.0. The highest BCUT2D eigenvalue weighted by Gasteiger charge is 2.37. The van der Waals surface area contributed by atoms with Gasteiger partial charge in [0.2, 0.25) is 17.6 Å². The normalized spacial score (nSPS) is 17.2. The summed E-state index contributed by atoms with van der Waals surface area (Å²) < 4.78 is 6.07. The number of nitrogens with one attached hydrogen (secondary N) is 1. The summed E-state index contributed by atoms with van der Waals surface area (Å²) in [5, 5.41) is 3.29. The topological polar surface area (TPSA) is 115 Å². The fraction of sp³-hybridized carbons (Fsp3) is 0.407. The number of ketones is 1. The first-order chi connectivity index (χ1) is 17.5. The predicted octanol–water partition coefficient (Wildman–Crippen LogP) is 2.95. The zero-order chi connectivity index (χ0) is 25.5. The van der Waals surface area contributed by atoms with Crippen LogP contribution in [-0.2, 0) is 20.7 Å². The molecule has 0 unspecified atom stereocenters. The van der Waals surface area contributed by atoms with Gasteiger partial charge in [-0.1, -0.05) is 42.5 Å². The Hall–Kier alpha value is -3.14. The maximum absolute atomic E-state index is 13.4. The van der Waals surface area contributed by atoms with E-state index in [0.717, 1.165) is 15.8 Å². The van der Waals surface area contributed by atoms with Crippen LogP contribution in [-0.4, -0.2) is 65.9 Å². The second kappa shape index (κ2) is 12.2. The van der Waals surface area contributed by atoms with Crippen molar-refractivity contribution in [3.63, 3.8) is 0 Å². The molecule has 190 valence electrons. The van der Waals surface area contributed by atoms with Gasteiger partial charge in [-0.3, -0.25) is 14.4 Å². The Balaban J connectivity index is 1.45. The van der Waals surface area contributed by atoms with E-state index in [-0.39, 0.29) is 17.6 Å². The minimum Gasteiger partial charge on any atom is -0.385 e. The first kappa shape index (κ1) is 25.9. The van der Waals surface area contributed by atoms with Gasteiger partial charge in [-0.15, -0.1) is 11.3 Å². The molecule has 0 radical (unpaired) electrons. The summed E-state index contributed by atoms with van der Waals surface area (Å²) in [7, 11) is 1.60. The summed E-state index contributed by atoms with van der Waals surface area (Å²) in [6.07, 6.45) is 2.67. The molecule has 2 heterocycles. The summed E-state index contributed by atoms with van der Waals surface area (Å²) in [5.74, 6) is -0.799. The number of carbonyl (C=O) groups is 3. The Kier molecular flexibility index (Phi) is 8.79. The maximum atomic E-state index is 13.4. The highest BCUT2D eigenvalue weighted by Crippen LogP contribution is 2.24. The standard InChI is InChI=1S/C27H32N4O4S/c1-35-16-8-12-21(24(32)26-30-20-11-5-6-14-23(20)36-26)29-25(33)22-13-7-15-31(22)27(34)19(28)17-18-9-3-2-4-10-18/h2-6,9-11,14,19,21-22H,7-8,12-13,15-17,28H2,1H3,(H,29,33)/t19-,21+,22+/m1/s1. The fourth-order valence-corrected chi connectivity index (χ4v) is 5.53. The van der Waals surface area contributed by atoms with Crippen LogP contribution in [0.2, 0.25) is 0 Å². The highest BCUT2D eigenvalue weighted by molar-refractivity contribution is 7.20. The summed E-state index contributed by atoms with van der Waals surface area (Å²) in [4.78, 5) is 45.9. The molecule has 3 N–H and O–H groups in total. The average Bonchev–Trinajstić information content (AvgIpc) is 3.55. The van der Waals surface area contributed by atoms with Crippen molar-refractivity contribution in [1.82, 2.24) is 15.2 Å². The van der Waals surface area contributed by atoms with Gasteiger partial charge in [0.25, 0.3) is 0 Å². The summed E-state index contributed by atoms with van der Waals surface area (Å²) in [6.45, 7) is 0.946. The number of Topliss-reactive ketones (excluding diaryl/α,β-unsaturated/α-hetero) is 1. The third kappa shape index (κ3) is 6.16. The van der Waals surface area contributed by atoms with Gasteiger partial charge in [0, 0.05) is 20.3 Å².